The van der Waals surface area contributed by atoms with Crippen molar-refractivity contribution in [2.45, 2.75) is 32.6 Å². The first kappa shape index (κ1) is 17.5. The molecule has 0 unspecified atom stereocenters. The molecule has 0 fully saturated rings. The van der Waals surface area contributed by atoms with Gasteiger partial charge in [0, 0.05) is 22.5 Å². The van der Waals surface area contributed by atoms with Crippen molar-refractivity contribution >= 4 is 34.1 Å². The topological polar surface area (TPSA) is 28.7 Å². The van der Waals surface area contributed by atoms with Gasteiger partial charge in [-0.3, -0.25) is 0 Å². The molecule has 0 amide bonds. The van der Waals surface area contributed by atoms with E-state index >= 15 is 0 Å². The van der Waals surface area contributed by atoms with Gasteiger partial charge in [-0.2, -0.15) is 0 Å². The summed E-state index contributed by atoms with van der Waals surface area (Å²) in [5, 5.41) is 2.43. The molecule has 2 nitrogen and oxygen atoms in total. The maximum atomic E-state index is 13.4. The maximum Gasteiger partial charge on any atom is 0.138 e. The zero-order chi connectivity index (χ0) is 18.6. The van der Waals surface area contributed by atoms with Crippen LogP contribution >= 0.6 is 0 Å². The van der Waals surface area contributed by atoms with E-state index in [1.54, 1.807) is 6.07 Å². The van der Waals surface area contributed by atoms with Gasteiger partial charge in [-0.05, 0) is 59.9 Å². The average molecular weight is 358 g/mol. The molecule has 3 heteroatoms. The molecule has 136 valence electrons. The molecule has 0 saturated heterocycles. The molecule has 1 N–H and O–H groups in total. The molecule has 27 heavy (non-hydrogen) atoms. The van der Waals surface area contributed by atoms with Gasteiger partial charge in [0.05, 0.1) is 0 Å². The number of unbranched alkanes of at least 4 members (excludes halogenated alkanes) is 2. The van der Waals surface area contributed by atoms with Crippen molar-refractivity contribution in [3.8, 4) is 0 Å². The van der Waals surface area contributed by atoms with Crippen LogP contribution in [-0.2, 0) is 6.42 Å². The van der Waals surface area contributed by atoms with E-state index in [0.29, 0.717) is 0 Å². The zero-order valence-corrected chi connectivity index (χ0v) is 15.5. The first-order chi connectivity index (χ1) is 13.2. The minimum Gasteiger partial charge on any atom is -0.339 e. The molecule has 0 aliphatic heterocycles. The van der Waals surface area contributed by atoms with Crippen LogP contribution in [0.5, 0.6) is 0 Å². The molecule has 0 atom stereocenters. The summed E-state index contributed by atoms with van der Waals surface area (Å²) in [6.45, 7) is 2.23. The second-order valence-corrected chi connectivity index (χ2v) is 6.97. The molecule has 4 rings (SSSR count). The van der Waals surface area contributed by atoms with Gasteiger partial charge in [-0.25, -0.2) is 9.37 Å². The minimum absolute atomic E-state index is 0.216. The SMILES string of the molecule is CCCCCc1ccnc2[nH]c3ccc(C=Cc4cccc(F)c4)cc3c12. The van der Waals surface area contributed by atoms with Gasteiger partial charge < -0.3 is 4.98 Å². The predicted molar refractivity (Wildman–Crippen MR) is 112 cm³/mol. The number of halogens is 1. The lowest BCUT2D eigenvalue weighted by Gasteiger charge is -2.03. The number of hydrogen-bond acceptors (Lipinski definition) is 1. The number of rotatable bonds is 6. The molecule has 0 spiro atoms. The maximum absolute atomic E-state index is 13.4. The van der Waals surface area contributed by atoms with Crippen LogP contribution in [0.25, 0.3) is 34.1 Å². The summed E-state index contributed by atoms with van der Waals surface area (Å²) in [6, 6.07) is 15.1. The molecule has 0 saturated carbocycles. The van der Waals surface area contributed by atoms with Crippen molar-refractivity contribution in [2.24, 2.45) is 0 Å². The minimum atomic E-state index is -0.216. The highest BCUT2D eigenvalue weighted by atomic mass is 19.1. The van der Waals surface area contributed by atoms with Crippen molar-refractivity contribution in [2.75, 3.05) is 0 Å². The van der Waals surface area contributed by atoms with Crippen LogP contribution in [0.1, 0.15) is 42.9 Å². The lowest BCUT2D eigenvalue weighted by Crippen LogP contribution is -1.88. The van der Waals surface area contributed by atoms with Gasteiger partial charge in [0.15, 0.2) is 0 Å². The number of H-pyrrole nitrogens is 1. The first-order valence-corrected chi connectivity index (χ1v) is 9.57. The fourth-order valence-corrected chi connectivity index (χ4v) is 3.58. The summed E-state index contributed by atoms with van der Waals surface area (Å²) in [6.07, 6.45) is 10.6. The van der Waals surface area contributed by atoms with Gasteiger partial charge in [-0.15, -0.1) is 0 Å². The Morgan fingerprint density at radius 1 is 1.00 bits per heavy atom. The highest BCUT2D eigenvalue weighted by Gasteiger charge is 2.10. The Hall–Kier alpha value is -2.94. The Balaban J connectivity index is 1.73. The average Bonchev–Trinajstić information content (AvgIpc) is 3.05. The quantitative estimate of drug-likeness (QED) is 0.299. The Kier molecular flexibility index (Phi) is 5.01. The van der Waals surface area contributed by atoms with E-state index in [4.69, 9.17) is 0 Å². The molecule has 0 bridgehead atoms. The summed E-state index contributed by atoms with van der Waals surface area (Å²) < 4.78 is 13.4. The van der Waals surface area contributed by atoms with Gasteiger partial charge in [0.2, 0.25) is 0 Å². The summed E-state index contributed by atoms with van der Waals surface area (Å²) in [5.41, 5.74) is 5.35. The number of benzene rings is 2. The van der Waals surface area contributed by atoms with E-state index in [9.17, 15) is 4.39 Å². The Morgan fingerprint density at radius 3 is 2.67 bits per heavy atom. The Labute approximate surface area is 158 Å². The highest BCUT2D eigenvalue weighted by Crippen LogP contribution is 2.29. The van der Waals surface area contributed by atoms with Crippen LogP contribution in [0, 0.1) is 5.82 Å². The second-order valence-electron chi connectivity index (χ2n) is 6.97. The van der Waals surface area contributed by atoms with Gasteiger partial charge in [0.1, 0.15) is 11.5 Å². The number of pyridine rings is 1. The fourth-order valence-electron chi connectivity index (χ4n) is 3.58. The normalized spacial score (nSPS) is 11.8. The van der Waals surface area contributed by atoms with E-state index in [0.717, 1.165) is 28.7 Å². The molecule has 4 aromatic rings. The standard InChI is InChI=1S/C24H23FN2/c1-2-3-4-7-19-13-14-26-24-23(19)21-16-18(11-12-22(21)27-24)10-9-17-6-5-8-20(25)15-17/h5-6,8-16H,2-4,7H2,1H3,(H,26,27). The number of aryl methyl sites for hydroxylation is 1. The number of aromatic amines is 1. The largest absolute Gasteiger partial charge is 0.339 e. The van der Waals surface area contributed by atoms with Gasteiger partial charge in [-0.1, -0.05) is 50.1 Å². The molecule has 0 radical (unpaired) electrons. The molecule has 2 aromatic heterocycles. The molecule has 0 aliphatic carbocycles. The van der Waals surface area contributed by atoms with Crippen LogP contribution < -0.4 is 0 Å². The Bertz CT molecular complexity index is 1110. The van der Waals surface area contributed by atoms with E-state index in [-0.39, 0.29) is 5.82 Å². The third kappa shape index (κ3) is 3.77. The van der Waals surface area contributed by atoms with Crippen molar-refractivity contribution in [3.05, 3.63) is 77.2 Å². The lowest BCUT2D eigenvalue weighted by atomic mass is 10.0. The van der Waals surface area contributed by atoms with Crippen LogP contribution in [0.2, 0.25) is 0 Å². The summed E-state index contributed by atoms with van der Waals surface area (Å²) in [4.78, 5) is 7.96. The second kappa shape index (κ2) is 7.75. The van der Waals surface area contributed by atoms with Crippen LogP contribution in [0.3, 0.4) is 0 Å². The van der Waals surface area contributed by atoms with Gasteiger partial charge >= 0.3 is 0 Å². The number of nitrogens with zero attached hydrogens (tertiary/aromatic N) is 1. The molecule has 2 aromatic carbocycles. The van der Waals surface area contributed by atoms with Crippen molar-refractivity contribution in [1.29, 1.82) is 0 Å². The van der Waals surface area contributed by atoms with Crippen LogP contribution in [0.4, 0.5) is 4.39 Å². The van der Waals surface area contributed by atoms with Crippen LogP contribution in [0.15, 0.2) is 54.7 Å². The third-order valence-corrected chi connectivity index (χ3v) is 4.97. The summed E-state index contributed by atoms with van der Waals surface area (Å²) in [7, 11) is 0. The molecule has 2 heterocycles. The highest BCUT2D eigenvalue weighted by molar-refractivity contribution is 6.08. The Morgan fingerprint density at radius 2 is 1.85 bits per heavy atom. The smallest absolute Gasteiger partial charge is 0.138 e. The number of hydrogen-bond donors (Lipinski definition) is 1. The monoisotopic (exact) mass is 358 g/mol. The number of fused-ring (bicyclic) bond motifs is 3. The predicted octanol–water partition coefficient (Wildman–Crippen LogP) is 6.76. The molecule has 0 aliphatic rings. The fraction of sp³-hybridized carbons (Fsp3) is 0.208. The molecular weight excluding hydrogens is 335 g/mol. The van der Waals surface area contributed by atoms with Crippen molar-refractivity contribution in [3.63, 3.8) is 0 Å². The number of aromatic nitrogens is 2. The van der Waals surface area contributed by atoms with Gasteiger partial charge in [0.25, 0.3) is 0 Å². The summed E-state index contributed by atoms with van der Waals surface area (Å²) in [5.74, 6) is -0.216. The van der Waals surface area contributed by atoms with Crippen molar-refractivity contribution in [1.82, 2.24) is 9.97 Å². The first-order valence-electron chi connectivity index (χ1n) is 9.57. The zero-order valence-electron chi connectivity index (χ0n) is 15.5. The van der Waals surface area contributed by atoms with E-state index in [2.05, 4.69) is 41.2 Å². The van der Waals surface area contributed by atoms with E-state index in [1.165, 1.54) is 47.7 Å². The van der Waals surface area contributed by atoms with E-state index < -0.39 is 0 Å². The lowest BCUT2D eigenvalue weighted by molar-refractivity contribution is 0.627. The number of nitrogens with one attached hydrogen (secondary N) is 1. The van der Waals surface area contributed by atoms with E-state index in [1.807, 2.05) is 24.4 Å². The summed E-state index contributed by atoms with van der Waals surface area (Å²) >= 11 is 0. The van der Waals surface area contributed by atoms with Crippen molar-refractivity contribution < 1.29 is 4.39 Å². The molecular formula is C24H23FN2. The third-order valence-electron chi connectivity index (χ3n) is 4.97. The van der Waals surface area contributed by atoms with Crippen LogP contribution in [-0.4, -0.2) is 9.97 Å².